The Bertz CT molecular complexity index is 1380. The summed E-state index contributed by atoms with van der Waals surface area (Å²) in [5.41, 5.74) is 3.97. The molecule has 0 N–H and O–H groups in total. The zero-order valence-electron chi connectivity index (χ0n) is 23.9. The molecule has 5 heteroatoms. The second kappa shape index (κ2) is 12.7. The Hall–Kier alpha value is -4.22. The summed E-state index contributed by atoms with van der Waals surface area (Å²) >= 11 is 0. The number of fused-ring (bicyclic) bond motifs is 3. The van der Waals surface area contributed by atoms with Crippen molar-refractivity contribution < 1.29 is 19.1 Å². The lowest BCUT2D eigenvalue weighted by Crippen LogP contribution is -2.66. The molecular weight excluding hydrogens is 522 g/mol. The van der Waals surface area contributed by atoms with Gasteiger partial charge in [-0.3, -0.25) is 4.79 Å². The zero-order valence-corrected chi connectivity index (χ0v) is 23.9. The predicted molar refractivity (Wildman–Crippen MR) is 163 cm³/mol. The number of esters is 1. The summed E-state index contributed by atoms with van der Waals surface area (Å²) < 4.78 is 12.6. The van der Waals surface area contributed by atoms with Crippen molar-refractivity contribution in [1.29, 1.82) is 0 Å². The van der Waals surface area contributed by atoms with Crippen LogP contribution in [0.4, 0.5) is 0 Å². The van der Waals surface area contributed by atoms with E-state index in [0.29, 0.717) is 6.42 Å². The van der Waals surface area contributed by atoms with Crippen molar-refractivity contribution in [3.8, 4) is 0 Å². The van der Waals surface area contributed by atoms with E-state index in [1.165, 1.54) is 0 Å². The van der Waals surface area contributed by atoms with Gasteiger partial charge in [0.25, 0.3) is 0 Å². The van der Waals surface area contributed by atoms with E-state index in [-0.39, 0.29) is 42.7 Å². The van der Waals surface area contributed by atoms with Gasteiger partial charge in [-0.05, 0) is 48.4 Å². The van der Waals surface area contributed by atoms with Gasteiger partial charge < -0.3 is 14.4 Å². The van der Waals surface area contributed by atoms with E-state index in [0.717, 1.165) is 35.1 Å². The third-order valence-corrected chi connectivity index (χ3v) is 8.72. The van der Waals surface area contributed by atoms with Crippen molar-refractivity contribution in [2.24, 2.45) is 5.92 Å². The van der Waals surface area contributed by atoms with E-state index in [4.69, 9.17) is 9.47 Å². The maximum Gasteiger partial charge on any atom is 0.329 e. The zero-order chi connectivity index (χ0) is 28.9. The standard InChI is InChI=1S/C37H37NO4/c1-2-41-37(40)34-31-24-23-30(25-32(31)42-35(28-19-11-5-12-20-28)29-21-13-6-14-22-29)38(34)36(39)33(26-15-7-3-8-16-26)27-17-9-4-10-18-27/h3-22,30-35H,2,23-25H2,1H3/t30-,31+,32?,34-/m0/s1. The van der Waals surface area contributed by atoms with Crippen LogP contribution in [-0.4, -0.2) is 41.6 Å². The molecule has 42 heavy (non-hydrogen) atoms. The molecule has 0 aromatic heterocycles. The Morgan fingerprint density at radius 1 is 0.714 bits per heavy atom. The Balaban J connectivity index is 1.35. The van der Waals surface area contributed by atoms with Crippen molar-refractivity contribution >= 4 is 11.9 Å². The number of ether oxygens (including phenoxy) is 2. The summed E-state index contributed by atoms with van der Waals surface area (Å²) in [6, 6.07) is 39.4. The molecule has 7 rings (SSSR count). The lowest BCUT2D eigenvalue weighted by atomic mass is 9.71. The average Bonchev–Trinajstić information content (AvgIpc) is 3.05. The van der Waals surface area contributed by atoms with Gasteiger partial charge in [0.15, 0.2) is 0 Å². The highest BCUT2D eigenvalue weighted by molar-refractivity contribution is 5.92. The number of rotatable bonds is 9. The summed E-state index contributed by atoms with van der Waals surface area (Å²) in [5.74, 6) is -1.07. The second-order valence-electron chi connectivity index (χ2n) is 11.2. The molecule has 5 nitrogen and oxygen atoms in total. The van der Waals surface area contributed by atoms with E-state index in [1.54, 1.807) is 0 Å². The minimum atomic E-state index is -0.697. The molecule has 2 heterocycles. The van der Waals surface area contributed by atoms with Gasteiger partial charge in [0, 0.05) is 12.0 Å². The van der Waals surface area contributed by atoms with Crippen LogP contribution in [0.15, 0.2) is 121 Å². The third-order valence-electron chi connectivity index (χ3n) is 8.72. The maximum atomic E-state index is 14.7. The molecule has 3 aliphatic rings. The number of piperidine rings is 2. The first-order chi connectivity index (χ1) is 20.7. The van der Waals surface area contributed by atoms with Crippen LogP contribution in [0.3, 0.4) is 0 Å². The fraction of sp³-hybridized carbons (Fsp3) is 0.297. The Morgan fingerprint density at radius 2 is 1.19 bits per heavy atom. The van der Waals surface area contributed by atoms with Gasteiger partial charge >= 0.3 is 5.97 Å². The summed E-state index contributed by atoms with van der Waals surface area (Å²) in [6.45, 7) is 2.08. The number of nitrogens with zero attached hydrogens (tertiary/aromatic N) is 1. The SMILES string of the molecule is CCOC(=O)[C@@H]1[C@@H]2CC[C@@H](CC2OC(c2ccccc2)c2ccccc2)N1C(=O)C(c1ccccc1)c1ccccc1. The molecule has 2 bridgehead atoms. The molecule has 1 unspecified atom stereocenters. The van der Waals surface area contributed by atoms with Crippen molar-refractivity contribution in [1.82, 2.24) is 4.90 Å². The predicted octanol–water partition coefficient (Wildman–Crippen LogP) is 6.94. The number of carbonyl (C=O) groups is 2. The third kappa shape index (κ3) is 5.62. The van der Waals surface area contributed by atoms with Crippen LogP contribution in [0.5, 0.6) is 0 Å². The topological polar surface area (TPSA) is 55.8 Å². The van der Waals surface area contributed by atoms with Crippen LogP contribution in [0.1, 0.15) is 60.5 Å². The molecule has 0 spiro atoms. The van der Waals surface area contributed by atoms with Gasteiger partial charge in [0.2, 0.25) is 5.91 Å². The minimum Gasteiger partial charge on any atom is -0.464 e. The largest absolute Gasteiger partial charge is 0.464 e. The van der Waals surface area contributed by atoms with Crippen molar-refractivity contribution in [2.45, 2.75) is 56.4 Å². The Morgan fingerprint density at radius 3 is 1.67 bits per heavy atom. The molecule has 3 fully saturated rings. The quantitative estimate of drug-likeness (QED) is 0.209. The maximum absolute atomic E-state index is 14.7. The highest BCUT2D eigenvalue weighted by atomic mass is 16.5. The Kier molecular flexibility index (Phi) is 8.47. The second-order valence-corrected chi connectivity index (χ2v) is 11.2. The Labute approximate surface area is 248 Å². The summed E-state index contributed by atoms with van der Waals surface area (Å²) in [6.07, 6.45) is 1.85. The lowest BCUT2D eigenvalue weighted by molar-refractivity contribution is -0.183. The molecule has 4 aromatic rings. The molecule has 2 aliphatic heterocycles. The van der Waals surface area contributed by atoms with E-state index in [9.17, 15) is 9.59 Å². The highest BCUT2D eigenvalue weighted by Crippen LogP contribution is 2.46. The smallest absolute Gasteiger partial charge is 0.329 e. The fourth-order valence-corrected chi connectivity index (χ4v) is 6.87. The first kappa shape index (κ1) is 27.9. The van der Waals surface area contributed by atoms with Gasteiger partial charge in [-0.1, -0.05) is 121 Å². The van der Waals surface area contributed by atoms with E-state index in [2.05, 4.69) is 24.3 Å². The lowest BCUT2D eigenvalue weighted by Gasteiger charge is -2.54. The van der Waals surface area contributed by atoms with Crippen LogP contribution >= 0.6 is 0 Å². The van der Waals surface area contributed by atoms with Crippen LogP contribution in [-0.2, 0) is 19.1 Å². The minimum absolute atomic E-state index is 0.0544. The molecular formula is C37H37NO4. The van der Waals surface area contributed by atoms with Gasteiger partial charge in [-0.15, -0.1) is 0 Å². The van der Waals surface area contributed by atoms with Crippen LogP contribution in [0, 0.1) is 5.92 Å². The molecule has 1 aliphatic carbocycles. The monoisotopic (exact) mass is 559 g/mol. The van der Waals surface area contributed by atoms with Crippen molar-refractivity contribution in [2.75, 3.05) is 6.61 Å². The van der Waals surface area contributed by atoms with E-state index in [1.807, 2.05) is 109 Å². The number of benzene rings is 4. The highest BCUT2D eigenvalue weighted by Gasteiger charge is 2.54. The molecule has 2 saturated heterocycles. The number of hydrogen-bond acceptors (Lipinski definition) is 4. The van der Waals surface area contributed by atoms with Gasteiger partial charge in [-0.25, -0.2) is 4.79 Å². The first-order valence-corrected chi connectivity index (χ1v) is 15.0. The van der Waals surface area contributed by atoms with E-state index < -0.39 is 12.0 Å². The van der Waals surface area contributed by atoms with Crippen molar-refractivity contribution in [3.63, 3.8) is 0 Å². The first-order valence-electron chi connectivity index (χ1n) is 15.0. The van der Waals surface area contributed by atoms with Crippen molar-refractivity contribution in [3.05, 3.63) is 144 Å². The molecule has 4 atom stereocenters. The van der Waals surface area contributed by atoms with Gasteiger partial charge in [0.05, 0.1) is 18.6 Å². The number of hydrogen-bond donors (Lipinski definition) is 0. The molecule has 0 radical (unpaired) electrons. The summed E-state index contributed by atoms with van der Waals surface area (Å²) in [4.78, 5) is 30.2. The summed E-state index contributed by atoms with van der Waals surface area (Å²) in [5, 5.41) is 0. The van der Waals surface area contributed by atoms with E-state index >= 15 is 0 Å². The van der Waals surface area contributed by atoms with Gasteiger partial charge in [0.1, 0.15) is 12.1 Å². The normalized spacial score (nSPS) is 21.5. The average molecular weight is 560 g/mol. The molecule has 214 valence electrons. The number of amides is 1. The fourth-order valence-electron chi connectivity index (χ4n) is 6.87. The van der Waals surface area contributed by atoms with Crippen LogP contribution in [0.25, 0.3) is 0 Å². The molecule has 1 saturated carbocycles. The molecule has 4 aromatic carbocycles. The molecule has 1 amide bonds. The van der Waals surface area contributed by atoms with Gasteiger partial charge in [-0.2, -0.15) is 0 Å². The van der Waals surface area contributed by atoms with Crippen LogP contribution < -0.4 is 0 Å². The van der Waals surface area contributed by atoms with Crippen LogP contribution in [0.2, 0.25) is 0 Å². The number of carbonyl (C=O) groups excluding carboxylic acids is 2. The summed E-state index contributed by atoms with van der Waals surface area (Å²) in [7, 11) is 0.